The van der Waals surface area contributed by atoms with Crippen LogP contribution in [0.3, 0.4) is 0 Å². The third-order valence-corrected chi connectivity index (χ3v) is 2.20. The standard InChI is InChI=1S/C14H29NO2/c1-13(2,3)9-7-10-17-11-8-12(16)15-14(4,5)6/h7-11H2,1-6H3,(H,15,16). The van der Waals surface area contributed by atoms with Crippen LogP contribution in [0.2, 0.25) is 0 Å². The Morgan fingerprint density at radius 3 is 2.12 bits per heavy atom. The fraction of sp³-hybridized carbons (Fsp3) is 0.929. The van der Waals surface area contributed by atoms with Gasteiger partial charge in [0.05, 0.1) is 6.61 Å². The van der Waals surface area contributed by atoms with Crippen LogP contribution in [0.25, 0.3) is 0 Å². The number of carbonyl (C=O) groups excluding carboxylic acids is 1. The summed E-state index contributed by atoms with van der Waals surface area (Å²) in [5.74, 6) is 0.0633. The highest BCUT2D eigenvalue weighted by atomic mass is 16.5. The quantitative estimate of drug-likeness (QED) is 0.728. The molecule has 0 aliphatic heterocycles. The molecule has 17 heavy (non-hydrogen) atoms. The molecule has 3 nitrogen and oxygen atoms in total. The van der Waals surface area contributed by atoms with Gasteiger partial charge in [-0.3, -0.25) is 4.79 Å². The molecule has 0 rings (SSSR count). The number of ether oxygens (including phenoxy) is 1. The summed E-state index contributed by atoms with van der Waals surface area (Å²) in [4.78, 5) is 11.5. The Labute approximate surface area is 106 Å². The Kier molecular flexibility index (Phi) is 6.76. The maximum atomic E-state index is 11.5. The van der Waals surface area contributed by atoms with E-state index < -0.39 is 0 Å². The number of carbonyl (C=O) groups is 1. The average molecular weight is 243 g/mol. The Balaban J connectivity index is 3.44. The highest BCUT2D eigenvalue weighted by molar-refractivity contribution is 5.76. The molecule has 0 fully saturated rings. The van der Waals surface area contributed by atoms with Crippen LogP contribution in [0.1, 0.15) is 60.8 Å². The van der Waals surface area contributed by atoms with Gasteiger partial charge in [-0.1, -0.05) is 20.8 Å². The average Bonchev–Trinajstić information content (AvgIpc) is 2.06. The van der Waals surface area contributed by atoms with E-state index >= 15 is 0 Å². The molecule has 0 radical (unpaired) electrons. The zero-order valence-electron chi connectivity index (χ0n) is 12.4. The fourth-order valence-electron chi connectivity index (χ4n) is 1.45. The van der Waals surface area contributed by atoms with Crippen molar-refractivity contribution in [2.45, 2.75) is 66.3 Å². The number of hydrogen-bond acceptors (Lipinski definition) is 2. The van der Waals surface area contributed by atoms with Gasteiger partial charge in [0, 0.05) is 18.6 Å². The lowest BCUT2D eigenvalue weighted by Crippen LogP contribution is -2.40. The van der Waals surface area contributed by atoms with Crippen LogP contribution in [0.15, 0.2) is 0 Å². The van der Waals surface area contributed by atoms with Crippen molar-refractivity contribution in [3.63, 3.8) is 0 Å². The Morgan fingerprint density at radius 2 is 1.65 bits per heavy atom. The van der Waals surface area contributed by atoms with Crippen molar-refractivity contribution in [2.24, 2.45) is 5.41 Å². The van der Waals surface area contributed by atoms with E-state index in [9.17, 15) is 4.79 Å². The predicted octanol–water partition coefficient (Wildman–Crippen LogP) is 3.13. The van der Waals surface area contributed by atoms with Crippen molar-refractivity contribution < 1.29 is 9.53 Å². The van der Waals surface area contributed by atoms with Crippen LogP contribution in [-0.2, 0) is 9.53 Å². The summed E-state index contributed by atoms with van der Waals surface area (Å²) < 4.78 is 5.45. The summed E-state index contributed by atoms with van der Waals surface area (Å²) in [6.45, 7) is 13.9. The topological polar surface area (TPSA) is 38.3 Å². The smallest absolute Gasteiger partial charge is 0.222 e. The van der Waals surface area contributed by atoms with Gasteiger partial charge in [-0.2, -0.15) is 0 Å². The van der Waals surface area contributed by atoms with Gasteiger partial charge in [-0.25, -0.2) is 0 Å². The molecule has 0 aliphatic carbocycles. The van der Waals surface area contributed by atoms with E-state index in [-0.39, 0.29) is 11.4 Å². The first-order valence-corrected chi connectivity index (χ1v) is 6.49. The summed E-state index contributed by atoms with van der Waals surface area (Å²) in [5.41, 5.74) is 0.219. The summed E-state index contributed by atoms with van der Waals surface area (Å²) in [7, 11) is 0. The molecule has 0 bridgehead atoms. The molecule has 3 heteroatoms. The molecular formula is C14H29NO2. The first-order chi connectivity index (χ1) is 7.60. The van der Waals surface area contributed by atoms with Gasteiger partial charge in [0.2, 0.25) is 5.91 Å². The van der Waals surface area contributed by atoms with Gasteiger partial charge in [0.15, 0.2) is 0 Å². The van der Waals surface area contributed by atoms with E-state index in [1.807, 2.05) is 20.8 Å². The lowest BCUT2D eigenvalue weighted by Gasteiger charge is -2.20. The Bertz CT molecular complexity index is 223. The second kappa shape index (κ2) is 7.00. The highest BCUT2D eigenvalue weighted by Gasteiger charge is 2.13. The van der Waals surface area contributed by atoms with Crippen molar-refractivity contribution in [1.29, 1.82) is 0 Å². The number of rotatable bonds is 6. The molecule has 1 amide bonds. The van der Waals surface area contributed by atoms with Crippen LogP contribution in [0.4, 0.5) is 0 Å². The maximum absolute atomic E-state index is 11.5. The zero-order chi connectivity index (χ0) is 13.5. The Morgan fingerprint density at radius 1 is 1.06 bits per heavy atom. The first-order valence-electron chi connectivity index (χ1n) is 6.49. The SMILES string of the molecule is CC(C)(C)CCCOCCC(=O)NC(C)(C)C. The largest absolute Gasteiger partial charge is 0.381 e. The third kappa shape index (κ3) is 13.4. The lowest BCUT2D eigenvalue weighted by molar-refractivity contribution is -0.123. The van der Waals surface area contributed by atoms with Crippen LogP contribution < -0.4 is 5.32 Å². The van der Waals surface area contributed by atoms with E-state index in [1.54, 1.807) is 0 Å². The normalized spacial score (nSPS) is 12.6. The minimum atomic E-state index is -0.149. The summed E-state index contributed by atoms with van der Waals surface area (Å²) in [5, 5.41) is 2.92. The van der Waals surface area contributed by atoms with E-state index in [0.717, 1.165) is 19.4 Å². The molecule has 0 aromatic rings. The van der Waals surface area contributed by atoms with E-state index in [1.165, 1.54) is 0 Å². The van der Waals surface area contributed by atoms with Crippen molar-refractivity contribution in [2.75, 3.05) is 13.2 Å². The first kappa shape index (κ1) is 16.4. The van der Waals surface area contributed by atoms with Crippen molar-refractivity contribution >= 4 is 5.91 Å². The van der Waals surface area contributed by atoms with E-state index in [2.05, 4.69) is 26.1 Å². The van der Waals surface area contributed by atoms with E-state index in [4.69, 9.17) is 4.74 Å². The van der Waals surface area contributed by atoms with Crippen LogP contribution in [0, 0.1) is 5.41 Å². The predicted molar refractivity (Wildman–Crippen MR) is 72.0 cm³/mol. The molecule has 0 heterocycles. The number of amides is 1. The molecule has 0 spiro atoms. The maximum Gasteiger partial charge on any atom is 0.222 e. The Hall–Kier alpha value is -0.570. The van der Waals surface area contributed by atoms with Crippen LogP contribution in [-0.4, -0.2) is 24.7 Å². The van der Waals surface area contributed by atoms with Gasteiger partial charge in [0.1, 0.15) is 0 Å². The van der Waals surface area contributed by atoms with Gasteiger partial charge < -0.3 is 10.1 Å². The summed E-state index contributed by atoms with van der Waals surface area (Å²) in [6, 6.07) is 0. The molecule has 0 aromatic heterocycles. The van der Waals surface area contributed by atoms with E-state index in [0.29, 0.717) is 18.4 Å². The van der Waals surface area contributed by atoms with Gasteiger partial charge >= 0.3 is 0 Å². The van der Waals surface area contributed by atoms with Crippen LogP contribution >= 0.6 is 0 Å². The molecule has 0 saturated carbocycles. The monoisotopic (exact) mass is 243 g/mol. The second-order valence-corrected chi connectivity index (χ2v) is 6.82. The summed E-state index contributed by atoms with van der Waals surface area (Å²) >= 11 is 0. The van der Waals surface area contributed by atoms with Crippen molar-refractivity contribution in [3.05, 3.63) is 0 Å². The van der Waals surface area contributed by atoms with Crippen molar-refractivity contribution in [1.82, 2.24) is 5.32 Å². The van der Waals surface area contributed by atoms with Crippen LogP contribution in [0.5, 0.6) is 0 Å². The molecule has 102 valence electrons. The molecule has 0 unspecified atom stereocenters. The summed E-state index contributed by atoms with van der Waals surface area (Å²) in [6.07, 6.45) is 2.67. The molecule has 0 aromatic carbocycles. The molecule has 1 N–H and O–H groups in total. The molecule has 0 aliphatic rings. The molecule has 0 saturated heterocycles. The lowest BCUT2D eigenvalue weighted by atomic mass is 9.91. The number of hydrogen-bond donors (Lipinski definition) is 1. The minimum absolute atomic E-state index is 0.0633. The minimum Gasteiger partial charge on any atom is -0.381 e. The third-order valence-electron chi connectivity index (χ3n) is 2.20. The number of nitrogens with one attached hydrogen (secondary N) is 1. The van der Waals surface area contributed by atoms with Gasteiger partial charge in [-0.15, -0.1) is 0 Å². The zero-order valence-corrected chi connectivity index (χ0v) is 12.4. The fourth-order valence-corrected chi connectivity index (χ4v) is 1.45. The second-order valence-electron chi connectivity index (χ2n) is 6.82. The molecule has 0 atom stereocenters. The van der Waals surface area contributed by atoms with Gasteiger partial charge in [0.25, 0.3) is 0 Å². The van der Waals surface area contributed by atoms with Gasteiger partial charge in [-0.05, 0) is 39.0 Å². The highest BCUT2D eigenvalue weighted by Crippen LogP contribution is 2.20. The molecular weight excluding hydrogens is 214 g/mol. The van der Waals surface area contributed by atoms with Crippen molar-refractivity contribution in [3.8, 4) is 0 Å².